The number of anilines is 1. The normalized spacial score (nSPS) is 10.0. The number of carbonyl (C=O) groups excluding carboxylic acids is 2. The lowest BCUT2D eigenvalue weighted by atomic mass is 10.1. The number of phenols is 1. The second kappa shape index (κ2) is 7.77. The molecule has 0 radical (unpaired) electrons. The maximum absolute atomic E-state index is 11.9. The first-order valence-electron chi connectivity index (χ1n) is 7.12. The molecule has 0 unspecified atom stereocenters. The molecule has 0 bridgehead atoms. The van der Waals surface area contributed by atoms with Crippen LogP contribution in [0.2, 0.25) is 0 Å². The molecule has 4 N–H and O–H groups in total. The Morgan fingerprint density at radius 3 is 2.38 bits per heavy atom. The van der Waals surface area contributed by atoms with E-state index in [0.29, 0.717) is 11.1 Å². The van der Waals surface area contributed by atoms with E-state index >= 15 is 0 Å². The van der Waals surface area contributed by atoms with E-state index in [9.17, 15) is 19.5 Å². The molecule has 7 heteroatoms. The number of aromatic hydroxyl groups is 1. The van der Waals surface area contributed by atoms with Crippen LogP contribution in [0.1, 0.15) is 15.9 Å². The Balaban J connectivity index is 1.94. The summed E-state index contributed by atoms with van der Waals surface area (Å²) in [6.07, 6.45) is -0.228. The van der Waals surface area contributed by atoms with Crippen molar-refractivity contribution in [3.63, 3.8) is 0 Å². The Kier molecular flexibility index (Phi) is 5.51. The molecule has 2 amide bonds. The topological polar surface area (TPSA) is 116 Å². The fraction of sp³-hybridized carbons (Fsp3) is 0.118. The Morgan fingerprint density at radius 1 is 1.00 bits per heavy atom. The largest absolute Gasteiger partial charge is 0.506 e. The van der Waals surface area contributed by atoms with Gasteiger partial charge in [0.05, 0.1) is 18.7 Å². The molecular weight excluding hydrogens is 312 g/mol. The Bertz CT molecular complexity index is 759. The molecule has 7 nitrogen and oxygen atoms in total. The van der Waals surface area contributed by atoms with Crippen molar-refractivity contribution >= 4 is 23.5 Å². The van der Waals surface area contributed by atoms with Crippen LogP contribution in [0.5, 0.6) is 5.75 Å². The molecule has 0 aliphatic carbocycles. The predicted molar refractivity (Wildman–Crippen MR) is 86.9 cm³/mol. The molecule has 0 aliphatic heterocycles. The first kappa shape index (κ1) is 17.0. The molecular formula is C17H16N2O5. The molecule has 2 rings (SSSR count). The van der Waals surface area contributed by atoms with Crippen molar-refractivity contribution in [3.8, 4) is 5.75 Å². The highest BCUT2D eigenvalue weighted by Gasteiger charge is 2.11. The van der Waals surface area contributed by atoms with Crippen LogP contribution in [-0.4, -0.2) is 34.5 Å². The molecule has 2 aromatic rings. The second-order valence-corrected chi connectivity index (χ2v) is 5.02. The van der Waals surface area contributed by atoms with E-state index < -0.39 is 17.8 Å². The lowest BCUT2D eigenvalue weighted by Crippen LogP contribution is -2.32. The quantitative estimate of drug-likeness (QED) is 0.598. The van der Waals surface area contributed by atoms with Crippen LogP contribution in [0.25, 0.3) is 0 Å². The molecule has 124 valence electrons. The van der Waals surface area contributed by atoms with Gasteiger partial charge in [0.25, 0.3) is 5.91 Å². The van der Waals surface area contributed by atoms with Crippen molar-refractivity contribution in [1.29, 1.82) is 0 Å². The SMILES string of the molecule is O=C(O)Cc1ccc(O)c(NC(=O)CNC(=O)c2ccccc2)c1. The minimum Gasteiger partial charge on any atom is -0.506 e. The number of carboxylic acid groups (broad SMARTS) is 1. The molecule has 0 saturated carbocycles. The number of hydrogen-bond donors (Lipinski definition) is 4. The van der Waals surface area contributed by atoms with E-state index in [0.717, 1.165) is 0 Å². The molecule has 0 spiro atoms. The van der Waals surface area contributed by atoms with E-state index in [1.807, 2.05) is 0 Å². The summed E-state index contributed by atoms with van der Waals surface area (Å²) in [5.41, 5.74) is 0.952. The standard InChI is InChI=1S/C17H16N2O5/c20-14-7-6-11(9-16(22)23)8-13(14)19-15(21)10-18-17(24)12-4-2-1-3-5-12/h1-8,20H,9-10H2,(H,18,24)(H,19,21)(H,22,23). The molecule has 0 heterocycles. The zero-order valence-electron chi connectivity index (χ0n) is 12.7. The number of benzene rings is 2. The molecule has 0 aliphatic rings. The number of rotatable bonds is 6. The smallest absolute Gasteiger partial charge is 0.307 e. The highest BCUT2D eigenvalue weighted by Crippen LogP contribution is 2.24. The Hall–Kier alpha value is -3.35. The summed E-state index contributed by atoms with van der Waals surface area (Å²) in [6, 6.07) is 12.6. The van der Waals surface area contributed by atoms with Gasteiger partial charge in [-0.05, 0) is 29.8 Å². The number of carbonyl (C=O) groups is 3. The molecule has 0 aromatic heterocycles. The fourth-order valence-corrected chi connectivity index (χ4v) is 2.01. The van der Waals surface area contributed by atoms with Gasteiger partial charge in [-0.15, -0.1) is 0 Å². The summed E-state index contributed by atoms with van der Waals surface area (Å²) in [7, 11) is 0. The minimum absolute atomic E-state index is 0.0905. The van der Waals surface area contributed by atoms with E-state index in [4.69, 9.17) is 5.11 Å². The fourth-order valence-electron chi connectivity index (χ4n) is 2.01. The Morgan fingerprint density at radius 2 is 1.71 bits per heavy atom. The van der Waals surface area contributed by atoms with Crippen LogP contribution in [-0.2, 0) is 16.0 Å². The average molecular weight is 328 g/mol. The maximum atomic E-state index is 11.9. The van der Waals surface area contributed by atoms with Gasteiger partial charge < -0.3 is 20.8 Å². The van der Waals surface area contributed by atoms with Gasteiger partial charge in [0.1, 0.15) is 5.75 Å². The Labute approximate surface area is 137 Å². The number of hydrogen-bond acceptors (Lipinski definition) is 4. The zero-order valence-corrected chi connectivity index (χ0v) is 12.7. The molecule has 0 fully saturated rings. The van der Waals surface area contributed by atoms with Gasteiger partial charge in [-0.3, -0.25) is 14.4 Å². The van der Waals surface area contributed by atoms with Gasteiger partial charge in [0.15, 0.2) is 0 Å². The maximum Gasteiger partial charge on any atom is 0.307 e. The molecule has 2 aromatic carbocycles. The van der Waals surface area contributed by atoms with Gasteiger partial charge in [-0.1, -0.05) is 24.3 Å². The van der Waals surface area contributed by atoms with Crippen LogP contribution in [0.15, 0.2) is 48.5 Å². The number of carboxylic acids is 1. The number of aliphatic carboxylic acids is 1. The van der Waals surface area contributed by atoms with Gasteiger partial charge in [0, 0.05) is 5.56 Å². The predicted octanol–water partition coefficient (Wildman–Crippen LogP) is 1.39. The average Bonchev–Trinajstić information content (AvgIpc) is 2.56. The van der Waals surface area contributed by atoms with Crippen LogP contribution < -0.4 is 10.6 Å². The van der Waals surface area contributed by atoms with Crippen LogP contribution in [0, 0.1) is 0 Å². The van der Waals surface area contributed by atoms with Gasteiger partial charge >= 0.3 is 5.97 Å². The third-order valence-corrected chi connectivity index (χ3v) is 3.14. The van der Waals surface area contributed by atoms with Crippen molar-refractivity contribution in [1.82, 2.24) is 5.32 Å². The third kappa shape index (κ3) is 4.84. The van der Waals surface area contributed by atoms with Crippen molar-refractivity contribution in [2.45, 2.75) is 6.42 Å². The highest BCUT2D eigenvalue weighted by molar-refractivity contribution is 5.99. The first-order valence-corrected chi connectivity index (χ1v) is 7.12. The summed E-state index contributed by atoms with van der Waals surface area (Å²) >= 11 is 0. The molecule has 24 heavy (non-hydrogen) atoms. The number of amides is 2. The molecule has 0 atom stereocenters. The van der Waals surface area contributed by atoms with Crippen molar-refractivity contribution in [2.75, 3.05) is 11.9 Å². The van der Waals surface area contributed by atoms with Crippen molar-refractivity contribution < 1.29 is 24.6 Å². The lowest BCUT2D eigenvalue weighted by Gasteiger charge is -2.10. The van der Waals surface area contributed by atoms with E-state index in [1.165, 1.54) is 18.2 Å². The number of nitrogens with one attached hydrogen (secondary N) is 2. The first-order chi connectivity index (χ1) is 11.5. The summed E-state index contributed by atoms with van der Waals surface area (Å²) in [4.78, 5) is 34.4. The van der Waals surface area contributed by atoms with E-state index in [1.54, 1.807) is 30.3 Å². The lowest BCUT2D eigenvalue weighted by molar-refractivity contribution is -0.136. The minimum atomic E-state index is -1.02. The van der Waals surface area contributed by atoms with Crippen LogP contribution >= 0.6 is 0 Å². The van der Waals surface area contributed by atoms with E-state index in [-0.39, 0.29) is 24.4 Å². The number of phenolic OH excluding ortho intramolecular Hbond substituents is 1. The highest BCUT2D eigenvalue weighted by atomic mass is 16.4. The summed E-state index contributed by atoms with van der Waals surface area (Å²) in [5.74, 6) is -2.14. The summed E-state index contributed by atoms with van der Waals surface area (Å²) in [6.45, 7) is -0.281. The van der Waals surface area contributed by atoms with Crippen molar-refractivity contribution in [3.05, 3.63) is 59.7 Å². The summed E-state index contributed by atoms with van der Waals surface area (Å²) < 4.78 is 0. The van der Waals surface area contributed by atoms with Gasteiger partial charge in [0.2, 0.25) is 5.91 Å². The van der Waals surface area contributed by atoms with Crippen molar-refractivity contribution in [2.24, 2.45) is 0 Å². The van der Waals surface area contributed by atoms with Crippen LogP contribution in [0.3, 0.4) is 0 Å². The summed E-state index contributed by atoms with van der Waals surface area (Å²) in [5, 5.41) is 23.4. The van der Waals surface area contributed by atoms with Crippen LogP contribution in [0.4, 0.5) is 5.69 Å². The van der Waals surface area contributed by atoms with Gasteiger partial charge in [-0.2, -0.15) is 0 Å². The van der Waals surface area contributed by atoms with Gasteiger partial charge in [-0.25, -0.2) is 0 Å². The zero-order chi connectivity index (χ0) is 17.5. The molecule has 0 saturated heterocycles. The van der Waals surface area contributed by atoms with E-state index in [2.05, 4.69) is 10.6 Å². The second-order valence-electron chi connectivity index (χ2n) is 5.02. The third-order valence-electron chi connectivity index (χ3n) is 3.14. The monoisotopic (exact) mass is 328 g/mol.